The number of hydrogen-bond donors (Lipinski definition) is 0. The molecule has 2 amide bonds. The van der Waals surface area contributed by atoms with E-state index in [4.69, 9.17) is 9.72 Å². The first-order chi connectivity index (χ1) is 19.8. The number of ketones is 1. The summed E-state index contributed by atoms with van der Waals surface area (Å²) in [7, 11) is 0. The number of benzene rings is 3. The van der Waals surface area contributed by atoms with Crippen LogP contribution in [0.5, 0.6) is 0 Å². The Morgan fingerprint density at radius 3 is 2.12 bits per heavy atom. The van der Waals surface area contributed by atoms with Crippen molar-refractivity contribution in [2.75, 3.05) is 11.5 Å². The molecule has 0 bridgehead atoms. The molecule has 2 atom stereocenters. The molecule has 1 aliphatic carbocycles. The molecule has 0 radical (unpaired) electrons. The molecular formula is C34H30N2O5. The third-order valence-corrected chi connectivity index (χ3v) is 8.15. The van der Waals surface area contributed by atoms with Crippen LogP contribution in [0.15, 0.2) is 72.8 Å². The first kappa shape index (κ1) is 26.6. The Kier molecular flexibility index (Phi) is 6.95. The number of nitrogens with zero attached hydrogens (tertiary/aromatic N) is 2. The summed E-state index contributed by atoms with van der Waals surface area (Å²) in [6.45, 7) is 3.49. The largest absolute Gasteiger partial charge is 0.454 e. The van der Waals surface area contributed by atoms with Gasteiger partial charge in [-0.25, -0.2) is 9.78 Å². The second kappa shape index (κ2) is 10.7. The van der Waals surface area contributed by atoms with Crippen LogP contribution in [0.4, 0.5) is 5.69 Å². The summed E-state index contributed by atoms with van der Waals surface area (Å²) < 4.78 is 5.47. The number of imide groups is 1. The van der Waals surface area contributed by atoms with Gasteiger partial charge in [-0.05, 0) is 57.0 Å². The lowest BCUT2D eigenvalue weighted by atomic mass is 9.81. The van der Waals surface area contributed by atoms with Crippen molar-refractivity contribution in [2.45, 2.75) is 39.5 Å². The number of anilines is 1. The minimum atomic E-state index is -0.614. The van der Waals surface area contributed by atoms with Gasteiger partial charge in [0.05, 0.1) is 34.3 Å². The van der Waals surface area contributed by atoms with Crippen LogP contribution in [0.2, 0.25) is 0 Å². The average molecular weight is 547 g/mol. The lowest BCUT2D eigenvalue weighted by Gasteiger charge is -2.19. The maximum atomic E-state index is 13.3. The molecule has 1 aliphatic heterocycles. The van der Waals surface area contributed by atoms with E-state index in [2.05, 4.69) is 0 Å². The highest BCUT2D eigenvalue weighted by atomic mass is 16.5. The third kappa shape index (κ3) is 5.04. The summed E-state index contributed by atoms with van der Waals surface area (Å²) in [6.07, 6.45) is 3.48. The molecule has 41 heavy (non-hydrogen) atoms. The van der Waals surface area contributed by atoms with Gasteiger partial charge >= 0.3 is 5.97 Å². The van der Waals surface area contributed by atoms with Crippen LogP contribution in [-0.4, -0.2) is 35.2 Å². The second-order valence-corrected chi connectivity index (χ2v) is 11.0. The van der Waals surface area contributed by atoms with Gasteiger partial charge in [-0.15, -0.1) is 0 Å². The molecule has 0 N–H and O–H groups in total. The van der Waals surface area contributed by atoms with Crippen molar-refractivity contribution in [3.8, 4) is 11.3 Å². The van der Waals surface area contributed by atoms with Crippen molar-refractivity contribution >= 4 is 40.2 Å². The number of fused-ring (bicyclic) bond motifs is 2. The van der Waals surface area contributed by atoms with Crippen molar-refractivity contribution in [1.82, 2.24) is 4.98 Å². The summed E-state index contributed by atoms with van der Waals surface area (Å²) in [6, 6.07) is 21.5. The van der Waals surface area contributed by atoms with Crippen molar-refractivity contribution in [2.24, 2.45) is 11.8 Å². The monoisotopic (exact) mass is 546 g/mol. The number of hydrogen-bond acceptors (Lipinski definition) is 6. The predicted molar refractivity (Wildman–Crippen MR) is 156 cm³/mol. The summed E-state index contributed by atoms with van der Waals surface area (Å²) in [4.78, 5) is 58.1. The number of pyridine rings is 1. The topological polar surface area (TPSA) is 93.6 Å². The van der Waals surface area contributed by atoms with Crippen LogP contribution in [0.1, 0.15) is 57.5 Å². The number of carbonyl (C=O) groups is 4. The van der Waals surface area contributed by atoms with E-state index in [1.807, 2.05) is 44.2 Å². The van der Waals surface area contributed by atoms with E-state index in [0.717, 1.165) is 42.4 Å². The molecule has 2 aliphatic rings. The van der Waals surface area contributed by atoms with Gasteiger partial charge in [0.25, 0.3) is 0 Å². The highest BCUT2D eigenvalue weighted by molar-refractivity contribution is 6.22. The van der Waals surface area contributed by atoms with Crippen molar-refractivity contribution in [3.05, 3.63) is 95.1 Å². The third-order valence-electron chi connectivity index (χ3n) is 8.15. The number of aryl methyl sites for hydroxylation is 2. The van der Waals surface area contributed by atoms with Crippen LogP contribution >= 0.6 is 0 Å². The molecule has 1 aromatic heterocycles. The molecular weight excluding hydrogens is 516 g/mol. The molecule has 1 saturated heterocycles. The second-order valence-electron chi connectivity index (χ2n) is 11.0. The van der Waals surface area contributed by atoms with Crippen LogP contribution in [0, 0.1) is 25.7 Å². The number of amides is 2. The molecule has 206 valence electrons. The van der Waals surface area contributed by atoms with E-state index in [0.29, 0.717) is 33.4 Å². The fourth-order valence-corrected chi connectivity index (χ4v) is 5.89. The Hall–Kier alpha value is -4.65. The minimum absolute atomic E-state index is 0.114. The molecule has 6 rings (SSSR count). The zero-order chi connectivity index (χ0) is 28.7. The zero-order valence-corrected chi connectivity index (χ0v) is 23.1. The quantitative estimate of drug-likeness (QED) is 0.162. The summed E-state index contributed by atoms with van der Waals surface area (Å²) >= 11 is 0. The zero-order valence-electron chi connectivity index (χ0n) is 23.1. The lowest BCUT2D eigenvalue weighted by molar-refractivity contribution is -0.122. The first-order valence-electron chi connectivity index (χ1n) is 14.0. The first-order valence-corrected chi connectivity index (χ1v) is 14.0. The molecule has 4 aromatic rings. The summed E-state index contributed by atoms with van der Waals surface area (Å²) in [5.74, 6) is -1.55. The van der Waals surface area contributed by atoms with Gasteiger partial charge in [0.1, 0.15) is 0 Å². The minimum Gasteiger partial charge on any atom is -0.454 e. The Balaban J connectivity index is 1.28. The van der Waals surface area contributed by atoms with Gasteiger partial charge in [0.15, 0.2) is 12.4 Å². The van der Waals surface area contributed by atoms with Crippen molar-refractivity contribution < 1.29 is 23.9 Å². The van der Waals surface area contributed by atoms with E-state index in [-0.39, 0.29) is 36.0 Å². The number of esters is 1. The number of carbonyl (C=O) groups excluding carboxylic acids is 4. The van der Waals surface area contributed by atoms with Crippen LogP contribution in [-0.2, 0) is 14.3 Å². The predicted octanol–water partition coefficient (Wildman–Crippen LogP) is 6.24. The smallest absolute Gasteiger partial charge is 0.339 e. The highest BCUT2D eigenvalue weighted by Crippen LogP contribution is 2.40. The normalized spacial score (nSPS) is 18.4. The average Bonchev–Trinajstić information content (AvgIpc) is 3.25. The van der Waals surface area contributed by atoms with Gasteiger partial charge in [-0.2, -0.15) is 0 Å². The Labute approximate surface area is 238 Å². The maximum absolute atomic E-state index is 13.3. The van der Waals surface area contributed by atoms with Gasteiger partial charge in [-0.1, -0.05) is 66.4 Å². The van der Waals surface area contributed by atoms with Gasteiger partial charge in [0.2, 0.25) is 11.8 Å². The lowest BCUT2D eigenvalue weighted by Crippen LogP contribution is -2.30. The number of Topliss-reactive ketones (excluding diaryl/α,β-unsaturated/α-hetero) is 1. The standard InChI is InChI=1S/C34H30N2O5/c1-20-7-10-23(11-8-20)31(37)19-41-34(40)28-18-30(35-29-16-9-21(2)17-27(28)29)22-12-14-24(15-13-22)36-32(38)25-5-3-4-6-26(25)33(36)39/h7-18,25-26H,3-6,19H2,1-2H3/t25-,26-/m1/s1. The molecule has 0 spiro atoms. The maximum Gasteiger partial charge on any atom is 0.339 e. The summed E-state index contributed by atoms with van der Waals surface area (Å²) in [5, 5.41) is 0.633. The van der Waals surface area contributed by atoms with E-state index >= 15 is 0 Å². The molecule has 3 aromatic carbocycles. The molecule has 7 heteroatoms. The van der Waals surface area contributed by atoms with Gasteiger partial charge in [0, 0.05) is 16.5 Å². The molecule has 0 unspecified atom stereocenters. The summed E-state index contributed by atoms with van der Waals surface area (Å²) in [5.41, 5.74) is 5.20. The van der Waals surface area contributed by atoms with Crippen LogP contribution < -0.4 is 4.90 Å². The number of rotatable bonds is 6. The van der Waals surface area contributed by atoms with Crippen molar-refractivity contribution in [3.63, 3.8) is 0 Å². The Bertz CT molecular complexity index is 1670. The van der Waals surface area contributed by atoms with Crippen LogP contribution in [0.25, 0.3) is 22.2 Å². The van der Waals surface area contributed by atoms with Gasteiger partial charge < -0.3 is 4.74 Å². The fourth-order valence-electron chi connectivity index (χ4n) is 5.89. The Morgan fingerprint density at radius 1 is 0.829 bits per heavy atom. The highest BCUT2D eigenvalue weighted by Gasteiger charge is 2.48. The number of aromatic nitrogens is 1. The number of ether oxygens (including phenoxy) is 1. The van der Waals surface area contributed by atoms with E-state index < -0.39 is 5.97 Å². The van der Waals surface area contributed by atoms with E-state index in [1.165, 1.54) is 4.90 Å². The van der Waals surface area contributed by atoms with E-state index in [1.54, 1.807) is 42.5 Å². The Morgan fingerprint density at radius 2 is 1.46 bits per heavy atom. The molecule has 7 nitrogen and oxygen atoms in total. The van der Waals surface area contributed by atoms with Crippen molar-refractivity contribution in [1.29, 1.82) is 0 Å². The van der Waals surface area contributed by atoms with E-state index in [9.17, 15) is 19.2 Å². The molecule has 2 heterocycles. The molecule has 2 fully saturated rings. The SMILES string of the molecule is Cc1ccc(C(=O)COC(=O)c2cc(-c3ccc(N4C(=O)[C@@H]5CCCC[C@H]5C4=O)cc3)nc3ccc(C)cc23)cc1. The fraction of sp³-hybridized carbons (Fsp3) is 0.265. The van der Waals surface area contributed by atoms with Crippen LogP contribution in [0.3, 0.4) is 0 Å². The molecule has 1 saturated carbocycles. The van der Waals surface area contributed by atoms with Gasteiger partial charge in [-0.3, -0.25) is 19.3 Å².